The topological polar surface area (TPSA) is 49.9 Å². The molecule has 146 valence electrons. The second-order valence-corrected chi connectivity index (χ2v) is 7.87. The number of halogens is 1. The van der Waals surface area contributed by atoms with Crippen molar-refractivity contribution in [1.29, 1.82) is 0 Å². The predicted molar refractivity (Wildman–Crippen MR) is 109 cm³/mol. The number of ether oxygens (including phenoxy) is 1. The molecule has 0 aliphatic heterocycles. The third kappa shape index (κ3) is 6.97. The van der Waals surface area contributed by atoms with Crippen molar-refractivity contribution in [2.75, 3.05) is 26.8 Å². The Hall–Kier alpha value is -1.89. The summed E-state index contributed by atoms with van der Waals surface area (Å²) in [6.07, 6.45) is 0. The van der Waals surface area contributed by atoms with Gasteiger partial charge in [0, 0.05) is 25.1 Å². The fourth-order valence-electron chi connectivity index (χ4n) is 2.61. The van der Waals surface area contributed by atoms with Crippen molar-refractivity contribution in [3.05, 3.63) is 58.3 Å². The van der Waals surface area contributed by atoms with Gasteiger partial charge in [-0.15, -0.1) is 22.9 Å². The number of alkyl halides is 1. The van der Waals surface area contributed by atoms with Gasteiger partial charge in [0.15, 0.2) is 0 Å². The number of benzene rings is 1. The zero-order chi connectivity index (χ0) is 19.6. The first-order valence-electron chi connectivity index (χ1n) is 8.77. The Morgan fingerprint density at radius 2 is 1.85 bits per heavy atom. The number of thiophene rings is 1. The molecule has 27 heavy (non-hydrogen) atoms. The van der Waals surface area contributed by atoms with Crippen molar-refractivity contribution in [3.63, 3.8) is 0 Å². The summed E-state index contributed by atoms with van der Waals surface area (Å²) in [5, 5.41) is 1.30. The van der Waals surface area contributed by atoms with Crippen molar-refractivity contribution in [3.8, 4) is 0 Å². The summed E-state index contributed by atoms with van der Waals surface area (Å²) in [5.74, 6) is -0.383. The van der Waals surface area contributed by atoms with Crippen LogP contribution >= 0.6 is 22.9 Å². The number of hydrogen-bond donors (Lipinski definition) is 0. The lowest BCUT2D eigenvalue weighted by atomic mass is 10.2. The third-order valence-corrected chi connectivity index (χ3v) is 5.09. The van der Waals surface area contributed by atoms with Gasteiger partial charge < -0.3 is 14.5 Å². The molecule has 0 N–H and O–H groups in total. The van der Waals surface area contributed by atoms with Crippen molar-refractivity contribution < 1.29 is 14.3 Å². The minimum Gasteiger partial charge on any atom is -0.383 e. The highest BCUT2D eigenvalue weighted by Gasteiger charge is 2.24. The molecule has 0 saturated carbocycles. The summed E-state index contributed by atoms with van der Waals surface area (Å²) in [5.41, 5.74) is 1.04. The van der Waals surface area contributed by atoms with Gasteiger partial charge in [-0.05, 0) is 23.9 Å². The Balaban J connectivity index is 2.13. The largest absolute Gasteiger partial charge is 0.383 e. The van der Waals surface area contributed by atoms with Gasteiger partial charge in [-0.1, -0.05) is 36.4 Å². The van der Waals surface area contributed by atoms with Crippen molar-refractivity contribution in [2.45, 2.75) is 25.4 Å². The van der Waals surface area contributed by atoms with Crippen LogP contribution in [0.15, 0.2) is 47.8 Å². The maximum Gasteiger partial charge on any atom is 0.242 e. The van der Waals surface area contributed by atoms with E-state index in [2.05, 4.69) is 0 Å². The molecule has 5 nitrogen and oxygen atoms in total. The van der Waals surface area contributed by atoms with Gasteiger partial charge in [-0.3, -0.25) is 9.59 Å². The van der Waals surface area contributed by atoms with Crippen LogP contribution in [-0.4, -0.2) is 53.8 Å². The van der Waals surface area contributed by atoms with Gasteiger partial charge in [-0.25, -0.2) is 0 Å². The number of carbonyl (C=O) groups excluding carboxylic acids is 2. The van der Waals surface area contributed by atoms with E-state index >= 15 is 0 Å². The van der Waals surface area contributed by atoms with E-state index in [-0.39, 0.29) is 18.4 Å². The Bertz CT molecular complexity index is 707. The smallest absolute Gasteiger partial charge is 0.242 e. The monoisotopic (exact) mass is 408 g/mol. The van der Waals surface area contributed by atoms with E-state index in [4.69, 9.17) is 16.3 Å². The zero-order valence-electron chi connectivity index (χ0n) is 15.6. The number of amides is 2. The second-order valence-electron chi connectivity index (χ2n) is 6.18. The summed E-state index contributed by atoms with van der Waals surface area (Å²) in [4.78, 5) is 29.7. The Labute approximate surface area is 169 Å². The lowest BCUT2D eigenvalue weighted by Crippen LogP contribution is -2.45. The molecule has 0 saturated heterocycles. The van der Waals surface area contributed by atoms with Gasteiger partial charge in [0.25, 0.3) is 0 Å². The molecule has 7 heteroatoms. The normalized spacial score (nSPS) is 11.8. The molecule has 0 unspecified atom stereocenters. The molecule has 1 aromatic carbocycles. The van der Waals surface area contributed by atoms with Crippen LogP contribution in [0.4, 0.5) is 0 Å². The number of carbonyl (C=O) groups is 2. The maximum atomic E-state index is 13.0. The molecular weight excluding hydrogens is 384 g/mol. The van der Waals surface area contributed by atoms with Crippen LogP contribution < -0.4 is 0 Å². The van der Waals surface area contributed by atoms with E-state index in [1.54, 1.807) is 30.3 Å². The summed E-state index contributed by atoms with van der Waals surface area (Å²) < 4.78 is 5.06. The highest BCUT2D eigenvalue weighted by Crippen LogP contribution is 2.15. The second kappa shape index (κ2) is 11.1. The molecule has 2 rings (SSSR count). The molecule has 0 aliphatic rings. The molecule has 2 amide bonds. The molecule has 0 radical (unpaired) electrons. The molecule has 0 fully saturated rings. The molecule has 0 spiro atoms. The summed E-state index contributed by atoms with van der Waals surface area (Å²) in [6, 6.07) is 13.8. The Morgan fingerprint density at radius 3 is 2.44 bits per heavy atom. The van der Waals surface area contributed by atoms with Crippen LogP contribution in [0.25, 0.3) is 0 Å². The first kappa shape index (κ1) is 21.4. The van der Waals surface area contributed by atoms with Crippen molar-refractivity contribution >= 4 is 34.8 Å². The maximum absolute atomic E-state index is 13.0. The van der Waals surface area contributed by atoms with Crippen LogP contribution in [0.1, 0.15) is 17.4 Å². The number of rotatable bonds is 10. The zero-order valence-corrected chi connectivity index (χ0v) is 17.2. The SMILES string of the molecule is COCCN(CC(=O)N(Cc1ccccc1)Cc1cccs1)C(=O)[C@@H](C)Cl. The van der Waals surface area contributed by atoms with Gasteiger partial charge in [-0.2, -0.15) is 0 Å². The lowest BCUT2D eigenvalue weighted by molar-refractivity contribution is -0.141. The first-order valence-corrected chi connectivity index (χ1v) is 10.1. The van der Waals surface area contributed by atoms with Crippen LogP contribution in [0.5, 0.6) is 0 Å². The fraction of sp³-hybridized carbons (Fsp3) is 0.400. The van der Waals surface area contributed by atoms with Crippen LogP contribution in [0.3, 0.4) is 0 Å². The summed E-state index contributed by atoms with van der Waals surface area (Å²) in [7, 11) is 1.56. The molecule has 1 heterocycles. The highest BCUT2D eigenvalue weighted by atomic mass is 35.5. The van der Waals surface area contributed by atoms with E-state index in [0.717, 1.165) is 10.4 Å². The van der Waals surface area contributed by atoms with Gasteiger partial charge in [0.05, 0.1) is 19.7 Å². The van der Waals surface area contributed by atoms with E-state index in [1.807, 2.05) is 47.8 Å². The molecule has 2 aromatic rings. The average Bonchev–Trinajstić information content (AvgIpc) is 3.17. The fourth-order valence-corrected chi connectivity index (χ4v) is 3.47. The average molecular weight is 409 g/mol. The molecule has 0 bridgehead atoms. The third-order valence-electron chi connectivity index (χ3n) is 4.04. The number of methoxy groups -OCH3 is 1. The summed E-state index contributed by atoms with van der Waals surface area (Å²) in [6.45, 7) is 3.27. The van der Waals surface area contributed by atoms with Crippen LogP contribution in [-0.2, 0) is 27.4 Å². The Kier molecular flexibility index (Phi) is 8.78. The van der Waals surface area contributed by atoms with Gasteiger partial charge in [0.2, 0.25) is 11.8 Å². The number of nitrogens with zero attached hydrogens (tertiary/aromatic N) is 2. The van der Waals surface area contributed by atoms with Gasteiger partial charge in [0.1, 0.15) is 5.38 Å². The van der Waals surface area contributed by atoms with Crippen LogP contribution in [0.2, 0.25) is 0 Å². The molecule has 1 aromatic heterocycles. The van der Waals surface area contributed by atoms with Crippen LogP contribution in [0, 0.1) is 0 Å². The quantitative estimate of drug-likeness (QED) is 0.566. The molecule has 1 atom stereocenters. The van der Waals surface area contributed by atoms with E-state index in [1.165, 1.54) is 4.90 Å². The van der Waals surface area contributed by atoms with Crippen molar-refractivity contribution in [1.82, 2.24) is 9.80 Å². The van der Waals surface area contributed by atoms with Crippen molar-refractivity contribution in [2.24, 2.45) is 0 Å². The minimum absolute atomic E-state index is 0.0164. The molecule has 0 aliphatic carbocycles. The van der Waals surface area contributed by atoms with Gasteiger partial charge >= 0.3 is 0 Å². The van der Waals surface area contributed by atoms with E-state index in [0.29, 0.717) is 26.2 Å². The standard InChI is InChI=1S/C20H25ClN2O3S/c1-16(21)20(25)22(10-11-26-2)15-19(24)23(14-18-9-6-12-27-18)13-17-7-4-3-5-8-17/h3-9,12,16H,10-11,13-15H2,1-2H3/t16-/m1/s1. The first-order chi connectivity index (χ1) is 13.0. The highest BCUT2D eigenvalue weighted by molar-refractivity contribution is 7.09. The van der Waals surface area contributed by atoms with E-state index in [9.17, 15) is 9.59 Å². The lowest BCUT2D eigenvalue weighted by Gasteiger charge is -2.28. The molecular formula is C20H25ClN2O3S. The predicted octanol–water partition coefficient (Wildman–Crippen LogP) is 3.38. The van der Waals surface area contributed by atoms with E-state index < -0.39 is 5.38 Å². The summed E-state index contributed by atoms with van der Waals surface area (Å²) >= 11 is 7.56. The Morgan fingerprint density at radius 1 is 1.11 bits per heavy atom. The minimum atomic E-state index is -0.686. The number of hydrogen-bond acceptors (Lipinski definition) is 4.